The number of rotatable bonds is 3. The van der Waals surface area contributed by atoms with Gasteiger partial charge in [0.05, 0.1) is 5.69 Å². The number of para-hydroxylation sites is 1. The number of hydrogen-bond acceptors (Lipinski definition) is 7. The molecular weight excluding hydrogens is 316 g/mol. The van der Waals surface area contributed by atoms with Crippen LogP contribution in [0.4, 0.5) is 11.8 Å². The summed E-state index contributed by atoms with van der Waals surface area (Å²) in [6.07, 6.45) is 3.49. The molecule has 8 heteroatoms. The third-order valence-corrected chi connectivity index (χ3v) is 4.10. The van der Waals surface area contributed by atoms with Crippen LogP contribution >= 0.6 is 0 Å². The first-order valence-electron chi connectivity index (χ1n) is 8.05. The van der Waals surface area contributed by atoms with Crippen LogP contribution in [0, 0.1) is 11.3 Å². The molecule has 0 unspecified atom stereocenters. The first kappa shape index (κ1) is 15.1. The van der Waals surface area contributed by atoms with Crippen LogP contribution in [0.1, 0.15) is 5.69 Å². The van der Waals surface area contributed by atoms with Crippen LogP contribution < -0.4 is 9.80 Å². The van der Waals surface area contributed by atoms with Gasteiger partial charge in [-0.3, -0.25) is 0 Å². The Morgan fingerprint density at radius 2 is 1.52 bits per heavy atom. The first-order chi connectivity index (χ1) is 12.3. The second-order valence-electron chi connectivity index (χ2n) is 5.63. The minimum atomic E-state index is 0.341. The van der Waals surface area contributed by atoms with Crippen molar-refractivity contribution >= 4 is 11.8 Å². The van der Waals surface area contributed by atoms with Crippen molar-refractivity contribution in [1.82, 2.24) is 25.0 Å². The van der Waals surface area contributed by atoms with E-state index in [1.54, 1.807) is 18.5 Å². The van der Waals surface area contributed by atoms with Crippen LogP contribution in [0.2, 0.25) is 0 Å². The summed E-state index contributed by atoms with van der Waals surface area (Å²) >= 11 is 0. The fraction of sp³-hybridized carbons (Fsp3) is 0.235. The molecule has 0 radical (unpaired) electrons. The quantitative estimate of drug-likeness (QED) is 0.713. The minimum absolute atomic E-state index is 0.341. The van der Waals surface area contributed by atoms with Crippen molar-refractivity contribution in [3.8, 4) is 11.8 Å². The molecule has 0 bridgehead atoms. The van der Waals surface area contributed by atoms with Crippen molar-refractivity contribution in [3.63, 3.8) is 0 Å². The number of aromatic nitrogens is 5. The minimum Gasteiger partial charge on any atom is -0.349 e. The van der Waals surface area contributed by atoms with E-state index in [1.165, 1.54) is 4.80 Å². The van der Waals surface area contributed by atoms with Crippen LogP contribution in [-0.2, 0) is 0 Å². The van der Waals surface area contributed by atoms with E-state index in [0.29, 0.717) is 11.5 Å². The summed E-state index contributed by atoms with van der Waals surface area (Å²) in [6, 6.07) is 13.6. The fourth-order valence-corrected chi connectivity index (χ4v) is 2.83. The van der Waals surface area contributed by atoms with Gasteiger partial charge in [0.2, 0.25) is 11.6 Å². The molecule has 1 saturated heterocycles. The van der Waals surface area contributed by atoms with Gasteiger partial charge in [0, 0.05) is 38.6 Å². The second-order valence-corrected chi connectivity index (χ2v) is 5.63. The molecule has 124 valence electrons. The predicted molar refractivity (Wildman–Crippen MR) is 92.5 cm³/mol. The average molecular weight is 332 g/mol. The third kappa shape index (κ3) is 2.99. The van der Waals surface area contributed by atoms with Crippen LogP contribution in [0.5, 0.6) is 0 Å². The van der Waals surface area contributed by atoms with Gasteiger partial charge in [0.1, 0.15) is 6.07 Å². The van der Waals surface area contributed by atoms with Crippen LogP contribution in [0.15, 0.2) is 48.8 Å². The highest BCUT2D eigenvalue weighted by molar-refractivity contribution is 5.51. The average Bonchev–Trinajstić information content (AvgIpc) is 3.14. The molecule has 3 aromatic rings. The normalized spacial score (nSPS) is 14.4. The van der Waals surface area contributed by atoms with Gasteiger partial charge in [-0.25, -0.2) is 9.97 Å². The summed E-state index contributed by atoms with van der Waals surface area (Å²) in [5.74, 6) is 1.36. The van der Waals surface area contributed by atoms with E-state index in [9.17, 15) is 5.26 Å². The summed E-state index contributed by atoms with van der Waals surface area (Å²) in [7, 11) is 0. The Morgan fingerprint density at radius 1 is 0.840 bits per heavy atom. The standard InChI is InChI=1S/C17H16N8/c18-13-15-16(22-25(21-15)14-5-2-1-3-6-14)23-9-11-24(12-10-23)17-19-7-4-8-20-17/h1-8H,9-12H2. The number of benzene rings is 1. The Balaban J connectivity index is 1.53. The maximum Gasteiger partial charge on any atom is 0.225 e. The largest absolute Gasteiger partial charge is 0.349 e. The molecule has 1 aliphatic heterocycles. The van der Waals surface area contributed by atoms with Crippen molar-refractivity contribution in [1.29, 1.82) is 5.26 Å². The molecule has 0 amide bonds. The molecule has 1 aliphatic rings. The smallest absolute Gasteiger partial charge is 0.225 e. The second kappa shape index (κ2) is 6.57. The molecule has 0 N–H and O–H groups in total. The van der Waals surface area contributed by atoms with Crippen molar-refractivity contribution in [2.45, 2.75) is 0 Å². The maximum atomic E-state index is 9.42. The molecule has 8 nitrogen and oxygen atoms in total. The van der Waals surface area contributed by atoms with Crippen LogP contribution in [0.3, 0.4) is 0 Å². The lowest BCUT2D eigenvalue weighted by Crippen LogP contribution is -2.47. The van der Waals surface area contributed by atoms with Gasteiger partial charge in [0.25, 0.3) is 0 Å². The lowest BCUT2D eigenvalue weighted by molar-refractivity contribution is 0.629. The van der Waals surface area contributed by atoms with E-state index in [0.717, 1.165) is 37.8 Å². The highest BCUT2D eigenvalue weighted by Gasteiger charge is 2.24. The predicted octanol–water partition coefficient (Wildman–Crippen LogP) is 1.26. The van der Waals surface area contributed by atoms with E-state index >= 15 is 0 Å². The molecular formula is C17H16N8. The monoisotopic (exact) mass is 332 g/mol. The van der Waals surface area contributed by atoms with Crippen LogP contribution in [0.25, 0.3) is 5.69 Å². The van der Waals surface area contributed by atoms with Gasteiger partial charge in [-0.1, -0.05) is 18.2 Å². The topological polar surface area (TPSA) is 86.8 Å². The van der Waals surface area contributed by atoms with Crippen molar-refractivity contribution < 1.29 is 0 Å². The Hall–Kier alpha value is -3.47. The highest BCUT2D eigenvalue weighted by Crippen LogP contribution is 2.20. The van der Waals surface area contributed by atoms with E-state index in [4.69, 9.17) is 0 Å². The number of hydrogen-bond donors (Lipinski definition) is 0. The molecule has 2 aromatic heterocycles. The summed E-state index contributed by atoms with van der Waals surface area (Å²) < 4.78 is 0. The number of nitriles is 1. The van der Waals surface area contributed by atoms with Crippen molar-refractivity contribution in [2.75, 3.05) is 36.0 Å². The number of anilines is 2. The fourth-order valence-electron chi connectivity index (χ4n) is 2.83. The summed E-state index contributed by atoms with van der Waals surface area (Å²) in [4.78, 5) is 14.3. The van der Waals surface area contributed by atoms with Gasteiger partial charge in [-0.05, 0) is 18.2 Å². The van der Waals surface area contributed by atoms with Crippen LogP contribution in [-0.4, -0.2) is 51.1 Å². The van der Waals surface area contributed by atoms with Gasteiger partial charge in [-0.15, -0.1) is 15.0 Å². The molecule has 25 heavy (non-hydrogen) atoms. The molecule has 3 heterocycles. The number of piperazine rings is 1. The Morgan fingerprint density at radius 3 is 2.20 bits per heavy atom. The third-order valence-electron chi connectivity index (χ3n) is 4.10. The molecule has 0 atom stereocenters. The van der Waals surface area contributed by atoms with Gasteiger partial charge < -0.3 is 9.80 Å². The van der Waals surface area contributed by atoms with Crippen molar-refractivity contribution in [3.05, 3.63) is 54.5 Å². The molecule has 1 fully saturated rings. The van der Waals surface area contributed by atoms with Gasteiger partial charge in [-0.2, -0.15) is 5.26 Å². The Bertz CT molecular complexity index is 876. The summed E-state index contributed by atoms with van der Waals surface area (Å²) in [5.41, 5.74) is 1.18. The SMILES string of the molecule is N#Cc1nn(-c2ccccc2)nc1N1CCN(c2ncccn2)CC1. The van der Waals surface area contributed by atoms with Crippen molar-refractivity contribution in [2.24, 2.45) is 0 Å². The highest BCUT2D eigenvalue weighted by atomic mass is 15.5. The first-order valence-corrected chi connectivity index (χ1v) is 8.05. The lowest BCUT2D eigenvalue weighted by atomic mass is 10.3. The molecule has 0 aliphatic carbocycles. The Labute approximate surface area is 145 Å². The van der Waals surface area contributed by atoms with E-state index in [1.807, 2.05) is 30.3 Å². The van der Waals surface area contributed by atoms with Gasteiger partial charge >= 0.3 is 0 Å². The molecule has 4 rings (SSSR count). The van der Waals surface area contributed by atoms with E-state index < -0.39 is 0 Å². The molecule has 0 saturated carbocycles. The molecule has 0 spiro atoms. The number of nitrogens with zero attached hydrogens (tertiary/aromatic N) is 8. The van der Waals surface area contributed by atoms with E-state index in [2.05, 4.69) is 36.0 Å². The lowest BCUT2D eigenvalue weighted by Gasteiger charge is -2.34. The zero-order chi connectivity index (χ0) is 17.1. The maximum absolute atomic E-state index is 9.42. The zero-order valence-electron chi connectivity index (χ0n) is 13.5. The summed E-state index contributed by atoms with van der Waals surface area (Å²) in [5, 5.41) is 18.3. The Kier molecular flexibility index (Phi) is 3.96. The summed E-state index contributed by atoms with van der Waals surface area (Å²) in [6.45, 7) is 3.01. The zero-order valence-corrected chi connectivity index (χ0v) is 13.5. The van der Waals surface area contributed by atoms with Gasteiger partial charge in [0.15, 0.2) is 5.82 Å². The van der Waals surface area contributed by atoms with E-state index in [-0.39, 0.29) is 0 Å². The molecule has 1 aromatic carbocycles.